The molecule has 5 rings (SSSR count). The van der Waals surface area contributed by atoms with Crippen molar-refractivity contribution in [3.05, 3.63) is 100 Å². The van der Waals surface area contributed by atoms with Crippen molar-refractivity contribution in [1.82, 2.24) is 14.5 Å². The summed E-state index contributed by atoms with van der Waals surface area (Å²) in [7, 11) is 0. The van der Waals surface area contributed by atoms with E-state index < -0.39 is 0 Å². The fraction of sp³-hybridized carbons (Fsp3) is 0.459. The lowest BCUT2D eigenvalue weighted by Crippen LogP contribution is -2.39. The molecule has 1 heterocycles. The SMILES string of the molecule is Cc1ccc(C(=O)N(CCCCCC2CCCCC2)[C@@H](c2nc3cc(Cl)ccc3n2Cc2ccccc2)C(C)C)cc1. The van der Waals surface area contributed by atoms with Crippen molar-refractivity contribution < 1.29 is 4.79 Å². The number of halogens is 1. The van der Waals surface area contributed by atoms with E-state index in [0.29, 0.717) is 11.6 Å². The van der Waals surface area contributed by atoms with E-state index in [4.69, 9.17) is 16.6 Å². The van der Waals surface area contributed by atoms with Gasteiger partial charge in [0.1, 0.15) is 5.82 Å². The number of fused-ring (bicyclic) bond motifs is 1. The van der Waals surface area contributed by atoms with Gasteiger partial charge in [-0.25, -0.2) is 4.98 Å². The minimum atomic E-state index is -0.174. The van der Waals surface area contributed by atoms with Crippen molar-refractivity contribution in [3.63, 3.8) is 0 Å². The Balaban J connectivity index is 1.47. The lowest BCUT2D eigenvalue weighted by Gasteiger charge is -2.35. The molecule has 3 aromatic carbocycles. The monoisotopic (exact) mass is 583 g/mol. The van der Waals surface area contributed by atoms with Gasteiger partial charge in [0.05, 0.1) is 17.1 Å². The smallest absolute Gasteiger partial charge is 0.254 e. The van der Waals surface area contributed by atoms with Gasteiger partial charge in [0.2, 0.25) is 0 Å². The molecule has 0 radical (unpaired) electrons. The van der Waals surface area contributed by atoms with E-state index in [9.17, 15) is 4.79 Å². The van der Waals surface area contributed by atoms with Crippen LogP contribution in [0.3, 0.4) is 0 Å². The van der Waals surface area contributed by atoms with E-state index in [-0.39, 0.29) is 17.9 Å². The molecule has 5 heteroatoms. The Morgan fingerprint density at radius 2 is 1.69 bits per heavy atom. The number of hydrogen-bond acceptors (Lipinski definition) is 2. The van der Waals surface area contributed by atoms with Crippen LogP contribution in [-0.2, 0) is 6.54 Å². The van der Waals surface area contributed by atoms with Crippen LogP contribution in [-0.4, -0.2) is 26.9 Å². The third kappa shape index (κ3) is 7.45. The second-order valence-electron chi connectivity index (χ2n) is 12.6. The van der Waals surface area contributed by atoms with Gasteiger partial charge in [0.25, 0.3) is 5.91 Å². The largest absolute Gasteiger partial charge is 0.328 e. The zero-order chi connectivity index (χ0) is 29.5. The molecular formula is C37H46ClN3O. The summed E-state index contributed by atoms with van der Waals surface area (Å²) >= 11 is 6.43. The first kappa shape index (κ1) is 30.4. The molecule has 1 amide bonds. The van der Waals surface area contributed by atoms with Crippen LogP contribution < -0.4 is 0 Å². The number of hydrogen-bond donors (Lipinski definition) is 0. The van der Waals surface area contributed by atoms with Crippen LogP contribution in [0.15, 0.2) is 72.8 Å². The molecule has 0 unspecified atom stereocenters. The van der Waals surface area contributed by atoms with Gasteiger partial charge in [-0.2, -0.15) is 0 Å². The van der Waals surface area contributed by atoms with Gasteiger partial charge in [-0.3, -0.25) is 4.79 Å². The highest BCUT2D eigenvalue weighted by molar-refractivity contribution is 6.31. The number of benzene rings is 3. The third-order valence-corrected chi connectivity index (χ3v) is 9.19. The minimum absolute atomic E-state index is 0.0809. The van der Waals surface area contributed by atoms with Crippen LogP contribution in [0.1, 0.15) is 105 Å². The van der Waals surface area contributed by atoms with Crippen LogP contribution in [0.2, 0.25) is 5.02 Å². The second kappa shape index (κ2) is 14.4. The predicted octanol–water partition coefficient (Wildman–Crippen LogP) is 10.0. The predicted molar refractivity (Wildman–Crippen MR) is 175 cm³/mol. The molecule has 1 aromatic heterocycles. The van der Waals surface area contributed by atoms with Crippen LogP contribution >= 0.6 is 11.6 Å². The van der Waals surface area contributed by atoms with Gasteiger partial charge in [-0.15, -0.1) is 0 Å². The van der Waals surface area contributed by atoms with Crippen molar-refractivity contribution in [2.75, 3.05) is 6.54 Å². The number of carbonyl (C=O) groups excluding carboxylic acids is 1. The minimum Gasteiger partial charge on any atom is -0.328 e. The number of carbonyl (C=O) groups is 1. The van der Waals surface area contributed by atoms with Crippen molar-refractivity contribution in [3.8, 4) is 0 Å². The van der Waals surface area contributed by atoms with Gasteiger partial charge >= 0.3 is 0 Å². The Morgan fingerprint density at radius 1 is 0.952 bits per heavy atom. The topological polar surface area (TPSA) is 38.1 Å². The highest BCUT2D eigenvalue weighted by Crippen LogP contribution is 2.34. The maximum atomic E-state index is 14.3. The second-order valence-corrected chi connectivity index (χ2v) is 13.0. The molecular weight excluding hydrogens is 538 g/mol. The van der Waals surface area contributed by atoms with E-state index >= 15 is 0 Å². The van der Waals surface area contributed by atoms with Crippen molar-refractivity contribution in [2.45, 2.75) is 91.1 Å². The summed E-state index contributed by atoms with van der Waals surface area (Å²) in [6.45, 7) is 7.89. The molecule has 222 valence electrons. The normalized spacial score (nSPS) is 14.9. The Kier molecular flexibility index (Phi) is 10.4. The first-order chi connectivity index (χ1) is 20.4. The third-order valence-electron chi connectivity index (χ3n) is 8.95. The molecule has 1 aliphatic rings. The number of nitrogens with zero attached hydrogens (tertiary/aromatic N) is 3. The van der Waals surface area contributed by atoms with Crippen LogP contribution in [0, 0.1) is 18.8 Å². The summed E-state index contributed by atoms with van der Waals surface area (Å²) in [5.41, 5.74) is 5.01. The number of amides is 1. The summed E-state index contributed by atoms with van der Waals surface area (Å²) in [5.74, 6) is 2.08. The van der Waals surface area contributed by atoms with E-state index in [2.05, 4.69) is 60.6 Å². The number of rotatable bonds is 12. The van der Waals surface area contributed by atoms with Gasteiger partial charge in [-0.1, -0.05) is 125 Å². The summed E-state index contributed by atoms with van der Waals surface area (Å²) < 4.78 is 2.30. The fourth-order valence-electron chi connectivity index (χ4n) is 6.67. The lowest BCUT2D eigenvalue weighted by atomic mass is 9.85. The lowest BCUT2D eigenvalue weighted by molar-refractivity contribution is 0.0601. The van der Waals surface area contributed by atoms with Crippen LogP contribution in [0.4, 0.5) is 0 Å². The van der Waals surface area contributed by atoms with Gasteiger partial charge in [-0.05, 0) is 61.1 Å². The molecule has 0 saturated heterocycles. The van der Waals surface area contributed by atoms with Gasteiger partial charge in [0.15, 0.2) is 0 Å². The maximum Gasteiger partial charge on any atom is 0.254 e. The van der Waals surface area contributed by atoms with Gasteiger partial charge in [0, 0.05) is 23.7 Å². The Labute approximate surface area is 257 Å². The van der Waals surface area contributed by atoms with Crippen molar-refractivity contribution >= 4 is 28.5 Å². The summed E-state index contributed by atoms with van der Waals surface area (Å²) in [6.07, 6.45) is 11.7. The van der Waals surface area contributed by atoms with Crippen LogP contribution in [0.5, 0.6) is 0 Å². The Bertz CT molecular complexity index is 1440. The number of imidazole rings is 1. The molecule has 0 spiro atoms. The number of aromatic nitrogens is 2. The quantitative estimate of drug-likeness (QED) is 0.156. The molecule has 0 aliphatic heterocycles. The standard InChI is InChI=1S/C37H46ClN3O/c1-27(2)35(36-39-33-25-32(38)22-23-34(33)41(36)26-30-16-9-5-10-17-30)40(37(42)31-20-18-28(3)19-21-31)24-12-6-11-15-29-13-7-4-8-14-29/h5,9-10,16-23,25,27,29,35H,4,6-8,11-15,24,26H2,1-3H3/t35-/m1/s1. The molecule has 0 N–H and O–H groups in total. The van der Waals surface area contributed by atoms with E-state index in [1.54, 1.807) is 0 Å². The highest BCUT2D eigenvalue weighted by atomic mass is 35.5. The average Bonchev–Trinajstić information content (AvgIpc) is 3.33. The van der Waals surface area contributed by atoms with E-state index in [0.717, 1.165) is 53.3 Å². The summed E-state index contributed by atoms with van der Waals surface area (Å²) in [5, 5.41) is 0.671. The average molecular weight is 584 g/mol. The molecule has 1 aliphatic carbocycles. The highest BCUT2D eigenvalue weighted by Gasteiger charge is 2.33. The summed E-state index contributed by atoms with van der Waals surface area (Å²) in [4.78, 5) is 21.6. The van der Waals surface area contributed by atoms with Gasteiger partial charge < -0.3 is 9.47 Å². The zero-order valence-electron chi connectivity index (χ0n) is 25.6. The maximum absolute atomic E-state index is 14.3. The molecule has 4 nitrogen and oxygen atoms in total. The number of aryl methyl sites for hydroxylation is 1. The Hall–Kier alpha value is -3.11. The zero-order valence-corrected chi connectivity index (χ0v) is 26.3. The number of unbranched alkanes of at least 4 members (excludes halogenated alkanes) is 2. The van der Waals surface area contributed by atoms with E-state index in [1.165, 1.54) is 50.5 Å². The molecule has 1 atom stereocenters. The van der Waals surface area contributed by atoms with Crippen molar-refractivity contribution in [2.24, 2.45) is 11.8 Å². The van der Waals surface area contributed by atoms with Crippen LogP contribution in [0.25, 0.3) is 11.0 Å². The first-order valence-corrected chi connectivity index (χ1v) is 16.4. The Morgan fingerprint density at radius 3 is 2.40 bits per heavy atom. The molecule has 4 aromatic rings. The molecule has 0 bridgehead atoms. The molecule has 42 heavy (non-hydrogen) atoms. The fourth-order valence-corrected chi connectivity index (χ4v) is 6.84. The first-order valence-electron chi connectivity index (χ1n) is 16.0. The van der Waals surface area contributed by atoms with E-state index in [1.807, 2.05) is 42.5 Å². The van der Waals surface area contributed by atoms with Crippen molar-refractivity contribution in [1.29, 1.82) is 0 Å². The summed E-state index contributed by atoms with van der Waals surface area (Å²) in [6, 6.07) is 24.3. The molecule has 1 fully saturated rings. The molecule has 1 saturated carbocycles.